The Bertz CT molecular complexity index is 278. The number of hydrogen-bond donors (Lipinski definition) is 0. The van der Waals surface area contributed by atoms with E-state index in [1.807, 2.05) is 32.0 Å². The molecular formula is C12H15O2. The molecular weight excluding hydrogens is 176 g/mol. The molecule has 0 aliphatic carbocycles. The van der Waals surface area contributed by atoms with Crippen LogP contribution in [0.4, 0.5) is 0 Å². The predicted molar refractivity (Wildman–Crippen MR) is 55.6 cm³/mol. The maximum atomic E-state index is 10.1. The van der Waals surface area contributed by atoms with E-state index in [4.69, 9.17) is 4.74 Å². The molecule has 0 aromatic heterocycles. The number of rotatable bonds is 5. The summed E-state index contributed by atoms with van der Waals surface area (Å²) in [5.74, 6) is 0. The molecule has 0 aliphatic rings. The minimum absolute atomic E-state index is 0.419. The van der Waals surface area contributed by atoms with Gasteiger partial charge in [-0.05, 0) is 32.3 Å². The first-order valence-corrected chi connectivity index (χ1v) is 4.73. The molecule has 0 bridgehead atoms. The predicted octanol–water partition coefficient (Wildman–Crippen LogP) is 2.48. The van der Waals surface area contributed by atoms with Gasteiger partial charge in [0.1, 0.15) is 5.60 Å². The van der Waals surface area contributed by atoms with Gasteiger partial charge in [0, 0.05) is 0 Å². The molecule has 1 radical (unpaired) electrons. The van der Waals surface area contributed by atoms with E-state index >= 15 is 0 Å². The summed E-state index contributed by atoms with van der Waals surface area (Å²) < 4.78 is 4.85. The molecule has 0 fully saturated rings. The highest BCUT2D eigenvalue weighted by Gasteiger charge is 2.18. The van der Waals surface area contributed by atoms with Gasteiger partial charge in [-0.15, -0.1) is 0 Å². The quantitative estimate of drug-likeness (QED) is 0.714. The second-order valence-corrected chi connectivity index (χ2v) is 3.93. The summed E-state index contributed by atoms with van der Waals surface area (Å²) in [5, 5.41) is 0. The average molecular weight is 191 g/mol. The zero-order chi connectivity index (χ0) is 10.4. The first-order valence-electron chi connectivity index (χ1n) is 4.73. The first-order chi connectivity index (χ1) is 6.64. The minimum atomic E-state index is -0.419. The van der Waals surface area contributed by atoms with Gasteiger partial charge in [0.2, 0.25) is 0 Å². The highest BCUT2D eigenvalue weighted by atomic mass is 16.5. The highest BCUT2D eigenvalue weighted by Crippen LogP contribution is 2.16. The van der Waals surface area contributed by atoms with Crippen molar-refractivity contribution in [1.82, 2.24) is 0 Å². The number of ether oxygens (including phenoxy) is 1. The Morgan fingerprint density at radius 2 is 1.93 bits per heavy atom. The van der Waals surface area contributed by atoms with Crippen LogP contribution in [0.25, 0.3) is 0 Å². The van der Waals surface area contributed by atoms with E-state index in [0.29, 0.717) is 0 Å². The van der Waals surface area contributed by atoms with Gasteiger partial charge in [-0.1, -0.05) is 30.3 Å². The van der Waals surface area contributed by atoms with Crippen LogP contribution in [-0.4, -0.2) is 12.1 Å². The number of carbonyl (C=O) groups excluding carboxylic acids is 1. The first kappa shape index (κ1) is 10.8. The van der Waals surface area contributed by atoms with Gasteiger partial charge >= 0.3 is 6.47 Å². The van der Waals surface area contributed by atoms with Crippen molar-refractivity contribution in [1.29, 1.82) is 0 Å². The summed E-state index contributed by atoms with van der Waals surface area (Å²) >= 11 is 0. The Kier molecular flexibility index (Phi) is 3.69. The van der Waals surface area contributed by atoms with Crippen molar-refractivity contribution in [2.24, 2.45) is 0 Å². The Morgan fingerprint density at radius 3 is 2.50 bits per heavy atom. The lowest BCUT2D eigenvalue weighted by molar-refractivity contribution is 0.0805. The van der Waals surface area contributed by atoms with Crippen LogP contribution >= 0.6 is 0 Å². The molecule has 0 spiro atoms. The highest BCUT2D eigenvalue weighted by molar-refractivity contribution is 5.39. The molecule has 75 valence electrons. The van der Waals surface area contributed by atoms with Gasteiger partial charge in [-0.25, -0.2) is 4.79 Å². The van der Waals surface area contributed by atoms with Crippen LogP contribution in [0.1, 0.15) is 25.8 Å². The molecule has 1 rings (SSSR count). The lowest BCUT2D eigenvalue weighted by atomic mass is 9.99. The maximum Gasteiger partial charge on any atom is 0.418 e. The van der Waals surface area contributed by atoms with Crippen LogP contribution in [0.5, 0.6) is 0 Å². The molecule has 1 aromatic carbocycles. The van der Waals surface area contributed by atoms with Crippen LogP contribution in [0, 0.1) is 0 Å². The van der Waals surface area contributed by atoms with Crippen LogP contribution < -0.4 is 0 Å². The van der Waals surface area contributed by atoms with Crippen molar-refractivity contribution < 1.29 is 9.53 Å². The topological polar surface area (TPSA) is 26.3 Å². The monoisotopic (exact) mass is 191 g/mol. The van der Waals surface area contributed by atoms with Gasteiger partial charge in [0.25, 0.3) is 0 Å². The molecule has 0 atom stereocenters. The number of hydrogen-bond acceptors (Lipinski definition) is 2. The summed E-state index contributed by atoms with van der Waals surface area (Å²) in [4.78, 5) is 10.1. The lowest BCUT2D eigenvalue weighted by Gasteiger charge is -2.21. The molecule has 2 nitrogen and oxygen atoms in total. The third-order valence-corrected chi connectivity index (χ3v) is 2.18. The van der Waals surface area contributed by atoms with E-state index < -0.39 is 5.60 Å². The van der Waals surface area contributed by atoms with Crippen molar-refractivity contribution in [3.63, 3.8) is 0 Å². The van der Waals surface area contributed by atoms with Crippen molar-refractivity contribution in [3.05, 3.63) is 35.9 Å². The van der Waals surface area contributed by atoms with Crippen LogP contribution in [-0.2, 0) is 16.0 Å². The summed E-state index contributed by atoms with van der Waals surface area (Å²) in [5.41, 5.74) is 0.840. The van der Waals surface area contributed by atoms with E-state index in [1.54, 1.807) is 0 Å². The second kappa shape index (κ2) is 4.80. The molecule has 0 saturated heterocycles. The summed E-state index contributed by atoms with van der Waals surface area (Å²) in [6.07, 6.45) is 1.72. The normalized spacial score (nSPS) is 11.0. The number of benzene rings is 1. The van der Waals surface area contributed by atoms with Crippen LogP contribution in [0.2, 0.25) is 0 Å². The van der Waals surface area contributed by atoms with Gasteiger partial charge < -0.3 is 4.74 Å². The molecule has 0 saturated carbocycles. The molecule has 1 aromatic rings. The Morgan fingerprint density at radius 1 is 1.29 bits per heavy atom. The summed E-state index contributed by atoms with van der Waals surface area (Å²) in [6, 6.07) is 10.1. The van der Waals surface area contributed by atoms with Gasteiger partial charge in [-0.2, -0.15) is 0 Å². The lowest BCUT2D eigenvalue weighted by Crippen LogP contribution is -2.24. The third-order valence-electron chi connectivity index (χ3n) is 2.18. The minimum Gasteiger partial charge on any atom is -0.451 e. The fourth-order valence-corrected chi connectivity index (χ4v) is 1.25. The van der Waals surface area contributed by atoms with E-state index in [0.717, 1.165) is 12.8 Å². The molecule has 0 heterocycles. The van der Waals surface area contributed by atoms with E-state index in [2.05, 4.69) is 12.1 Å². The Hall–Kier alpha value is -1.31. The van der Waals surface area contributed by atoms with Gasteiger partial charge in [0.15, 0.2) is 0 Å². The van der Waals surface area contributed by atoms with E-state index in [9.17, 15) is 4.79 Å². The van der Waals surface area contributed by atoms with Crippen molar-refractivity contribution in [2.75, 3.05) is 0 Å². The molecule has 0 aliphatic heterocycles. The molecule has 0 amide bonds. The molecule has 0 N–H and O–H groups in total. The van der Waals surface area contributed by atoms with Crippen molar-refractivity contribution >= 4 is 6.47 Å². The van der Waals surface area contributed by atoms with E-state index in [-0.39, 0.29) is 0 Å². The third kappa shape index (κ3) is 3.60. The average Bonchev–Trinajstić information content (AvgIpc) is 2.17. The smallest absolute Gasteiger partial charge is 0.418 e. The van der Waals surface area contributed by atoms with E-state index in [1.165, 1.54) is 12.0 Å². The summed E-state index contributed by atoms with van der Waals surface area (Å²) in [6.45, 7) is 5.27. The maximum absolute atomic E-state index is 10.1. The van der Waals surface area contributed by atoms with Crippen LogP contribution in [0.3, 0.4) is 0 Å². The zero-order valence-electron chi connectivity index (χ0n) is 8.62. The van der Waals surface area contributed by atoms with Crippen LogP contribution in [0.15, 0.2) is 30.3 Å². The molecule has 14 heavy (non-hydrogen) atoms. The Balaban J connectivity index is 2.44. The molecule has 0 unspecified atom stereocenters. The second-order valence-electron chi connectivity index (χ2n) is 3.93. The molecule has 2 heteroatoms. The largest absolute Gasteiger partial charge is 0.451 e. The van der Waals surface area contributed by atoms with Gasteiger partial charge in [-0.3, -0.25) is 0 Å². The fourth-order valence-electron chi connectivity index (χ4n) is 1.25. The Labute approximate surface area is 84.9 Å². The number of aryl methyl sites for hydroxylation is 1. The van der Waals surface area contributed by atoms with Crippen molar-refractivity contribution in [2.45, 2.75) is 32.3 Å². The SMILES string of the molecule is CC(C)(CCc1ccccc1)O[C]=O. The zero-order valence-corrected chi connectivity index (χ0v) is 8.62. The standard InChI is InChI=1S/C12H15O2/c1-12(2,14-10-13)9-8-11-6-4-3-5-7-11/h3-7H,8-9H2,1-2H3. The van der Waals surface area contributed by atoms with Gasteiger partial charge in [0.05, 0.1) is 0 Å². The van der Waals surface area contributed by atoms with Crippen molar-refractivity contribution in [3.8, 4) is 0 Å². The fraction of sp³-hybridized carbons (Fsp3) is 0.417. The summed E-state index contributed by atoms with van der Waals surface area (Å²) in [7, 11) is 0.